The highest BCUT2D eigenvalue weighted by atomic mass is 127. The highest BCUT2D eigenvalue weighted by molar-refractivity contribution is 14.0. The maximum absolute atomic E-state index is 12.7. The Labute approximate surface area is 190 Å². The van der Waals surface area contributed by atoms with E-state index < -0.39 is 6.61 Å². The Morgan fingerprint density at radius 1 is 1.32 bits per heavy atom. The van der Waals surface area contributed by atoms with E-state index in [4.69, 9.17) is 27.9 Å². The summed E-state index contributed by atoms with van der Waals surface area (Å²) in [7, 11) is 0. The van der Waals surface area contributed by atoms with E-state index in [0.717, 1.165) is 19.4 Å². The number of benzene rings is 1. The van der Waals surface area contributed by atoms with Crippen molar-refractivity contribution in [1.29, 1.82) is 0 Å². The quantitative estimate of drug-likeness (QED) is 0.207. The van der Waals surface area contributed by atoms with Crippen LogP contribution in [0.3, 0.4) is 0 Å². The van der Waals surface area contributed by atoms with E-state index in [1.165, 1.54) is 17.7 Å². The minimum absolute atomic E-state index is 0. The van der Waals surface area contributed by atoms with Crippen LogP contribution in [0.25, 0.3) is 0 Å². The first-order valence-electron chi connectivity index (χ1n) is 8.70. The molecule has 0 bridgehead atoms. The van der Waals surface area contributed by atoms with E-state index in [1.54, 1.807) is 0 Å². The maximum Gasteiger partial charge on any atom is 0.387 e. The number of nitrogens with one attached hydrogen (secondary N) is 2. The van der Waals surface area contributed by atoms with Gasteiger partial charge in [-0.2, -0.15) is 8.78 Å². The molecular formula is C18H24Cl2F2IN3O2. The van der Waals surface area contributed by atoms with Gasteiger partial charge in [-0.05, 0) is 31.9 Å². The zero-order chi connectivity index (χ0) is 19.6. The molecule has 5 nitrogen and oxygen atoms in total. The van der Waals surface area contributed by atoms with Crippen molar-refractivity contribution >= 4 is 53.1 Å². The van der Waals surface area contributed by atoms with Gasteiger partial charge < -0.3 is 20.1 Å². The van der Waals surface area contributed by atoms with Crippen LogP contribution in [-0.2, 0) is 11.3 Å². The lowest BCUT2D eigenvalue weighted by Gasteiger charge is -2.16. The van der Waals surface area contributed by atoms with Gasteiger partial charge in [0.1, 0.15) is 5.75 Å². The third-order valence-corrected chi connectivity index (χ3v) is 4.34. The number of guanidine groups is 1. The van der Waals surface area contributed by atoms with Gasteiger partial charge in [-0.25, -0.2) is 4.99 Å². The molecule has 10 heteroatoms. The van der Waals surface area contributed by atoms with Gasteiger partial charge in [0, 0.05) is 23.7 Å². The molecule has 0 aromatic heterocycles. The zero-order valence-corrected chi connectivity index (χ0v) is 19.3. The van der Waals surface area contributed by atoms with Gasteiger partial charge in [0.25, 0.3) is 0 Å². The van der Waals surface area contributed by atoms with E-state index in [0.29, 0.717) is 36.2 Å². The van der Waals surface area contributed by atoms with E-state index in [-0.39, 0.29) is 41.3 Å². The molecule has 28 heavy (non-hydrogen) atoms. The van der Waals surface area contributed by atoms with Crippen molar-refractivity contribution in [2.45, 2.75) is 32.9 Å². The molecule has 1 heterocycles. The minimum Gasteiger partial charge on any atom is -0.433 e. The highest BCUT2D eigenvalue weighted by Crippen LogP contribution is 2.34. The predicted molar refractivity (Wildman–Crippen MR) is 119 cm³/mol. The summed E-state index contributed by atoms with van der Waals surface area (Å²) < 4.78 is 35.1. The van der Waals surface area contributed by atoms with Crippen LogP contribution in [0, 0.1) is 0 Å². The molecule has 1 aromatic carbocycles. The molecule has 0 atom stereocenters. The molecule has 158 valence electrons. The van der Waals surface area contributed by atoms with Crippen molar-refractivity contribution in [2.75, 3.05) is 26.3 Å². The summed E-state index contributed by atoms with van der Waals surface area (Å²) in [6.45, 7) is 1.83. The Kier molecular flexibility index (Phi) is 12.1. The van der Waals surface area contributed by atoms with Gasteiger partial charge in [0.15, 0.2) is 5.96 Å². The molecule has 1 aliphatic heterocycles. The van der Waals surface area contributed by atoms with Crippen molar-refractivity contribution in [3.05, 3.63) is 39.4 Å². The van der Waals surface area contributed by atoms with Crippen LogP contribution in [0.15, 0.2) is 28.8 Å². The van der Waals surface area contributed by atoms with Crippen LogP contribution in [-0.4, -0.2) is 38.9 Å². The van der Waals surface area contributed by atoms with Gasteiger partial charge in [0.2, 0.25) is 0 Å². The van der Waals surface area contributed by atoms with Crippen LogP contribution >= 0.6 is 47.2 Å². The molecule has 0 aliphatic carbocycles. The minimum atomic E-state index is -2.98. The molecule has 0 radical (unpaired) electrons. The number of nitrogens with zero attached hydrogens (tertiary/aromatic N) is 1. The Morgan fingerprint density at radius 2 is 2.11 bits per heavy atom. The number of aliphatic imine (C=N–C) groups is 1. The summed E-state index contributed by atoms with van der Waals surface area (Å²) in [4.78, 5) is 4.42. The summed E-state index contributed by atoms with van der Waals surface area (Å²) in [5.41, 5.74) is 1.73. The SMILES string of the molecule is CCNC(=NCc1cc(Cl)cc(Cl)c1OC(F)F)NCCC1=CCOCC1.I. The Morgan fingerprint density at radius 3 is 2.75 bits per heavy atom. The molecule has 0 saturated carbocycles. The van der Waals surface area contributed by atoms with E-state index in [1.807, 2.05) is 6.92 Å². The lowest BCUT2D eigenvalue weighted by Crippen LogP contribution is -2.38. The average molecular weight is 550 g/mol. The lowest BCUT2D eigenvalue weighted by atomic mass is 10.1. The van der Waals surface area contributed by atoms with Crippen molar-refractivity contribution in [1.82, 2.24) is 10.6 Å². The zero-order valence-electron chi connectivity index (χ0n) is 15.4. The normalized spacial score (nSPS) is 14.4. The van der Waals surface area contributed by atoms with Crippen LogP contribution in [0.1, 0.15) is 25.3 Å². The summed E-state index contributed by atoms with van der Waals surface area (Å²) in [6.07, 6.45) is 3.92. The topological polar surface area (TPSA) is 54.9 Å². The molecule has 0 spiro atoms. The summed E-state index contributed by atoms with van der Waals surface area (Å²) in [5.74, 6) is 0.465. The molecule has 0 amide bonds. The predicted octanol–water partition coefficient (Wildman–Crippen LogP) is 5.00. The van der Waals surface area contributed by atoms with Crippen LogP contribution in [0.2, 0.25) is 10.0 Å². The smallest absolute Gasteiger partial charge is 0.387 e. The molecule has 0 unspecified atom stereocenters. The monoisotopic (exact) mass is 549 g/mol. The van der Waals surface area contributed by atoms with Gasteiger partial charge in [-0.3, -0.25) is 0 Å². The second-order valence-electron chi connectivity index (χ2n) is 5.81. The van der Waals surface area contributed by atoms with E-state index in [2.05, 4.69) is 26.4 Å². The maximum atomic E-state index is 12.7. The molecule has 2 N–H and O–H groups in total. The molecule has 0 fully saturated rings. The second kappa shape index (κ2) is 13.4. The molecule has 1 aliphatic rings. The summed E-state index contributed by atoms with van der Waals surface area (Å²) >= 11 is 12.0. The standard InChI is InChI=1S/C18H23Cl2F2N3O2.HI/c1-2-23-18(24-6-3-12-4-7-26-8-5-12)25-11-13-9-14(19)10-15(20)16(13)27-17(21)22;/h4,9-10,17H,2-3,5-8,11H2,1H3,(H2,23,24,25);1H. The van der Waals surface area contributed by atoms with Crippen molar-refractivity contribution in [3.8, 4) is 5.75 Å². The largest absolute Gasteiger partial charge is 0.433 e. The third kappa shape index (κ3) is 8.67. The highest BCUT2D eigenvalue weighted by Gasteiger charge is 2.15. The number of alkyl halides is 2. The van der Waals surface area contributed by atoms with Crippen LogP contribution in [0.4, 0.5) is 8.78 Å². The van der Waals surface area contributed by atoms with E-state index >= 15 is 0 Å². The first-order chi connectivity index (χ1) is 13.0. The fourth-order valence-electron chi connectivity index (χ4n) is 2.59. The third-order valence-electron chi connectivity index (χ3n) is 3.84. The van der Waals surface area contributed by atoms with Gasteiger partial charge >= 0.3 is 6.61 Å². The Bertz CT molecular complexity index is 691. The van der Waals surface area contributed by atoms with Crippen molar-refractivity contribution < 1.29 is 18.3 Å². The fraction of sp³-hybridized carbons (Fsp3) is 0.500. The fourth-order valence-corrected chi connectivity index (χ4v) is 3.17. The first-order valence-corrected chi connectivity index (χ1v) is 9.45. The number of hydrogen-bond acceptors (Lipinski definition) is 3. The van der Waals surface area contributed by atoms with Crippen LogP contribution < -0.4 is 15.4 Å². The number of ether oxygens (including phenoxy) is 2. The molecule has 0 saturated heterocycles. The summed E-state index contributed by atoms with van der Waals surface area (Å²) in [6, 6.07) is 2.88. The van der Waals surface area contributed by atoms with Gasteiger partial charge in [-0.15, -0.1) is 24.0 Å². The number of halogens is 5. The Hall–Kier alpha value is -0.840. The average Bonchev–Trinajstić information content (AvgIpc) is 2.63. The molecule has 1 aromatic rings. The van der Waals surface area contributed by atoms with Gasteiger partial charge in [0.05, 0.1) is 24.8 Å². The second-order valence-corrected chi connectivity index (χ2v) is 6.66. The van der Waals surface area contributed by atoms with Crippen LogP contribution in [0.5, 0.6) is 5.75 Å². The van der Waals surface area contributed by atoms with E-state index in [9.17, 15) is 8.78 Å². The number of rotatable bonds is 8. The van der Waals surface area contributed by atoms with Crippen molar-refractivity contribution in [3.63, 3.8) is 0 Å². The molecule has 2 rings (SSSR count). The Balaban J connectivity index is 0.00000392. The first kappa shape index (κ1) is 25.2. The summed E-state index contributed by atoms with van der Waals surface area (Å²) in [5, 5.41) is 6.71. The van der Waals surface area contributed by atoms with Gasteiger partial charge in [-0.1, -0.05) is 34.9 Å². The van der Waals surface area contributed by atoms with Crippen molar-refractivity contribution in [2.24, 2.45) is 4.99 Å². The lowest BCUT2D eigenvalue weighted by molar-refractivity contribution is -0.0503. The number of hydrogen-bond donors (Lipinski definition) is 2. The molecular weight excluding hydrogens is 526 g/mol.